The van der Waals surface area contributed by atoms with Crippen LogP contribution >= 0.6 is 0 Å². The summed E-state index contributed by atoms with van der Waals surface area (Å²) in [4.78, 5) is 2.50. The van der Waals surface area contributed by atoms with E-state index < -0.39 is 8.07 Å². The Bertz CT molecular complexity index is 1170. The van der Waals surface area contributed by atoms with Gasteiger partial charge in [0.2, 0.25) is 0 Å². The first-order valence-corrected chi connectivity index (χ1v) is 12.6. The highest BCUT2D eigenvalue weighted by molar-refractivity contribution is 7.16. The van der Waals surface area contributed by atoms with Crippen LogP contribution in [0.5, 0.6) is 0 Å². The average Bonchev–Trinajstić information content (AvgIpc) is 3.02. The number of rotatable bonds is 0. The number of likely N-dealkylation sites (N-methyl/N-ethyl adjacent to an activating group) is 1. The first-order valence-electron chi connectivity index (χ1n) is 10.5. The number of hydrogen-bond donors (Lipinski definition) is 0. The average molecular weight is 392 g/mol. The van der Waals surface area contributed by atoms with E-state index in [-0.39, 0.29) is 0 Å². The topological polar surface area (TPSA) is 3.24 Å². The van der Waals surface area contributed by atoms with E-state index in [4.69, 9.17) is 0 Å². The molecule has 0 fully saturated rings. The SMILES string of the molecule is Cc1ccc2c(c1)-c1cc(C)ccc1[Si]21c2ccccc2N(C)C2C=CC=CC21. The van der Waals surface area contributed by atoms with Crippen LogP contribution in [0.25, 0.3) is 11.1 Å². The number of anilines is 1. The van der Waals surface area contributed by atoms with Crippen LogP contribution in [-0.4, -0.2) is 21.2 Å². The summed E-state index contributed by atoms with van der Waals surface area (Å²) in [6.07, 6.45) is 9.42. The van der Waals surface area contributed by atoms with Crippen LogP contribution in [0.4, 0.5) is 5.69 Å². The van der Waals surface area contributed by atoms with Gasteiger partial charge in [-0.2, -0.15) is 0 Å². The van der Waals surface area contributed by atoms with Crippen LogP contribution in [0.1, 0.15) is 11.1 Å². The van der Waals surface area contributed by atoms with Crippen LogP contribution in [-0.2, 0) is 0 Å². The Kier molecular flexibility index (Phi) is 3.43. The molecule has 0 bridgehead atoms. The Balaban J connectivity index is 1.80. The maximum atomic E-state index is 2.50. The zero-order valence-electron chi connectivity index (χ0n) is 17.2. The Morgan fingerprint density at radius 1 is 0.724 bits per heavy atom. The van der Waals surface area contributed by atoms with Gasteiger partial charge in [-0.15, -0.1) is 0 Å². The van der Waals surface area contributed by atoms with E-state index in [1.807, 2.05) is 0 Å². The van der Waals surface area contributed by atoms with Crippen LogP contribution in [0, 0.1) is 13.8 Å². The van der Waals surface area contributed by atoms with Crippen LogP contribution in [0.15, 0.2) is 85.0 Å². The molecule has 0 saturated heterocycles. The number of nitrogens with zero attached hydrogens (tertiary/aromatic N) is 1. The molecule has 3 aliphatic rings. The molecule has 0 saturated carbocycles. The van der Waals surface area contributed by atoms with Crippen molar-refractivity contribution >= 4 is 29.3 Å². The van der Waals surface area contributed by atoms with Gasteiger partial charge in [0, 0.05) is 18.3 Å². The number of allylic oxidation sites excluding steroid dienone is 2. The Hall–Kier alpha value is -2.84. The molecule has 29 heavy (non-hydrogen) atoms. The van der Waals surface area contributed by atoms with Gasteiger partial charge in [-0.1, -0.05) is 90.0 Å². The quantitative estimate of drug-likeness (QED) is 0.522. The third-order valence-corrected chi connectivity index (χ3v) is 12.6. The molecule has 0 N–H and O–H groups in total. The Morgan fingerprint density at radius 3 is 2.03 bits per heavy atom. The summed E-state index contributed by atoms with van der Waals surface area (Å²) in [6.45, 7) is 4.44. The van der Waals surface area contributed by atoms with Crippen LogP contribution in [0.3, 0.4) is 0 Å². The second kappa shape index (κ2) is 5.84. The van der Waals surface area contributed by atoms with E-state index >= 15 is 0 Å². The van der Waals surface area contributed by atoms with Crippen molar-refractivity contribution < 1.29 is 0 Å². The van der Waals surface area contributed by atoms with Crippen molar-refractivity contribution in [2.45, 2.75) is 25.4 Å². The molecule has 2 atom stereocenters. The second-order valence-corrected chi connectivity index (χ2v) is 12.7. The lowest BCUT2D eigenvalue weighted by molar-refractivity contribution is 0.732. The minimum absolute atomic E-state index is 0.406. The summed E-state index contributed by atoms with van der Waals surface area (Å²) in [6, 6.07) is 24.0. The number of benzene rings is 3. The van der Waals surface area contributed by atoms with Gasteiger partial charge in [-0.05, 0) is 46.6 Å². The standard InChI is InChI=1S/C27H25NSi/c1-18-12-14-24-20(16-18)21-17-19(2)13-15-25(21)29(24)26-10-6-4-8-22(26)28(3)23-9-5-7-11-27(23)29/h4-17,22,26H,1-3H3. The van der Waals surface area contributed by atoms with Crippen molar-refractivity contribution in [1.82, 2.24) is 0 Å². The minimum atomic E-state index is -2.21. The van der Waals surface area contributed by atoms with E-state index in [1.165, 1.54) is 27.9 Å². The van der Waals surface area contributed by atoms with Gasteiger partial charge in [0.15, 0.2) is 8.07 Å². The van der Waals surface area contributed by atoms with Crippen molar-refractivity contribution in [2.24, 2.45) is 0 Å². The highest BCUT2D eigenvalue weighted by atomic mass is 28.3. The fourth-order valence-corrected chi connectivity index (χ4v) is 12.2. The van der Waals surface area contributed by atoms with Gasteiger partial charge in [-0.25, -0.2) is 0 Å². The number of aryl methyl sites for hydroxylation is 2. The highest BCUT2D eigenvalue weighted by Gasteiger charge is 2.57. The summed E-state index contributed by atoms with van der Waals surface area (Å²) in [5, 5.41) is 4.76. The minimum Gasteiger partial charge on any atom is -0.368 e. The van der Waals surface area contributed by atoms with Crippen molar-refractivity contribution in [3.05, 3.63) is 96.1 Å². The number of para-hydroxylation sites is 1. The lowest BCUT2D eigenvalue weighted by Gasteiger charge is -2.50. The van der Waals surface area contributed by atoms with Gasteiger partial charge < -0.3 is 4.90 Å². The van der Waals surface area contributed by atoms with E-state index in [1.54, 1.807) is 15.6 Å². The normalized spacial score (nSPS) is 22.2. The molecule has 6 rings (SSSR count). The van der Waals surface area contributed by atoms with Gasteiger partial charge in [0.05, 0.1) is 6.04 Å². The molecular formula is C27H25NSi. The highest BCUT2D eigenvalue weighted by Crippen LogP contribution is 2.45. The molecule has 0 amide bonds. The molecule has 2 heteroatoms. The van der Waals surface area contributed by atoms with Crippen LogP contribution in [0.2, 0.25) is 5.54 Å². The third-order valence-electron chi connectivity index (χ3n) is 7.25. The fourth-order valence-electron chi connectivity index (χ4n) is 6.06. The predicted molar refractivity (Wildman–Crippen MR) is 127 cm³/mol. The molecule has 3 aromatic carbocycles. The summed E-state index contributed by atoms with van der Waals surface area (Å²) < 4.78 is 0. The maximum Gasteiger partial charge on any atom is 0.161 e. The fraction of sp³-hybridized carbons (Fsp3) is 0.185. The van der Waals surface area contributed by atoms with Crippen molar-refractivity contribution in [1.29, 1.82) is 0 Å². The Morgan fingerprint density at radius 2 is 1.34 bits per heavy atom. The van der Waals surface area contributed by atoms with Crippen molar-refractivity contribution in [3.63, 3.8) is 0 Å². The largest absolute Gasteiger partial charge is 0.368 e. The molecule has 2 heterocycles. The Labute approximate surface area is 174 Å². The third kappa shape index (κ3) is 2.05. The molecular weight excluding hydrogens is 366 g/mol. The molecule has 1 spiro atoms. The van der Waals surface area contributed by atoms with E-state index in [2.05, 4.69) is 111 Å². The van der Waals surface area contributed by atoms with Gasteiger partial charge in [0.1, 0.15) is 0 Å². The van der Waals surface area contributed by atoms with Crippen molar-refractivity contribution in [2.75, 3.05) is 11.9 Å². The summed E-state index contributed by atoms with van der Waals surface area (Å²) >= 11 is 0. The summed E-state index contributed by atoms with van der Waals surface area (Å²) in [7, 11) is 0.0551. The molecule has 142 valence electrons. The van der Waals surface area contributed by atoms with Gasteiger partial charge >= 0.3 is 0 Å². The summed E-state index contributed by atoms with van der Waals surface area (Å²) in [5.41, 5.74) is 7.53. The smallest absolute Gasteiger partial charge is 0.161 e. The first-order chi connectivity index (χ1) is 14.1. The maximum absolute atomic E-state index is 2.50. The molecule has 1 aliphatic carbocycles. The zero-order valence-corrected chi connectivity index (χ0v) is 18.2. The molecule has 0 aromatic heterocycles. The van der Waals surface area contributed by atoms with Crippen molar-refractivity contribution in [3.8, 4) is 11.1 Å². The number of fused-ring (bicyclic) bond motifs is 9. The van der Waals surface area contributed by atoms with E-state index in [9.17, 15) is 0 Å². The lowest BCUT2D eigenvalue weighted by Crippen LogP contribution is -2.73. The molecule has 0 radical (unpaired) electrons. The van der Waals surface area contributed by atoms with Crippen LogP contribution < -0.4 is 20.5 Å². The molecule has 3 aromatic rings. The lowest BCUT2D eigenvalue weighted by atomic mass is 10.0. The van der Waals surface area contributed by atoms with E-state index in [0.29, 0.717) is 11.6 Å². The van der Waals surface area contributed by atoms with Gasteiger partial charge in [0.25, 0.3) is 0 Å². The van der Waals surface area contributed by atoms with Gasteiger partial charge in [-0.3, -0.25) is 0 Å². The summed E-state index contributed by atoms with van der Waals surface area (Å²) in [5.74, 6) is 0. The monoisotopic (exact) mass is 391 g/mol. The molecule has 1 nitrogen and oxygen atoms in total. The predicted octanol–water partition coefficient (Wildman–Crippen LogP) is 4.07. The second-order valence-electron chi connectivity index (χ2n) is 8.82. The first kappa shape index (κ1) is 17.1. The molecule has 2 aliphatic heterocycles. The number of hydrogen-bond acceptors (Lipinski definition) is 1. The molecule has 2 unspecified atom stereocenters. The van der Waals surface area contributed by atoms with E-state index in [0.717, 1.165) is 0 Å². The zero-order chi connectivity index (χ0) is 19.8.